The lowest BCUT2D eigenvalue weighted by Gasteiger charge is -2.14. The number of amides is 1. The molecule has 2 aromatic carbocycles. The molecule has 3 aromatic rings. The van der Waals surface area contributed by atoms with E-state index in [9.17, 15) is 4.79 Å². The number of ether oxygens (including phenoxy) is 3. The van der Waals surface area contributed by atoms with Gasteiger partial charge in [0.25, 0.3) is 0 Å². The molecule has 0 radical (unpaired) electrons. The Balaban J connectivity index is 1.94. The molecule has 0 bridgehead atoms. The predicted molar refractivity (Wildman–Crippen MR) is 107 cm³/mol. The first kappa shape index (κ1) is 19.4. The average Bonchev–Trinajstić information content (AvgIpc) is 2.70. The minimum absolute atomic E-state index is 0.435. The van der Waals surface area contributed by atoms with Crippen molar-refractivity contribution < 1.29 is 19.0 Å². The number of methoxy groups -OCH3 is 1. The molecule has 0 spiro atoms. The third-order valence-corrected chi connectivity index (χ3v) is 3.90. The molecule has 1 amide bonds. The molecule has 0 fully saturated rings. The lowest BCUT2D eigenvalue weighted by molar-refractivity contribution is -0.105. The van der Waals surface area contributed by atoms with E-state index in [0.717, 1.165) is 11.1 Å². The quantitative estimate of drug-likeness (QED) is 0.410. The molecule has 0 saturated heterocycles. The topological polar surface area (TPSA) is 94.6 Å². The van der Waals surface area contributed by atoms with Crippen LogP contribution in [0.15, 0.2) is 42.7 Å². The lowest BCUT2D eigenvalue weighted by Crippen LogP contribution is -2.05. The number of nitrogens with zero attached hydrogens (tertiary/aromatic N) is 2. The number of anilines is 3. The normalized spacial score (nSPS) is 10.5. The lowest BCUT2D eigenvalue weighted by atomic mass is 10.2. The zero-order valence-corrected chi connectivity index (χ0v) is 15.8. The van der Waals surface area contributed by atoms with Gasteiger partial charge in [0.2, 0.25) is 6.41 Å². The van der Waals surface area contributed by atoms with Gasteiger partial charge in [0, 0.05) is 30.6 Å². The maximum Gasteiger partial charge on any atom is 0.211 e. The molecule has 0 atom stereocenters. The van der Waals surface area contributed by atoms with Gasteiger partial charge in [0.05, 0.1) is 24.1 Å². The number of carbonyl (C=O) groups excluding carboxylic acids is 1. The first-order valence-corrected chi connectivity index (χ1v) is 8.85. The van der Waals surface area contributed by atoms with E-state index >= 15 is 0 Å². The van der Waals surface area contributed by atoms with Gasteiger partial charge in [-0.2, -0.15) is 0 Å². The van der Waals surface area contributed by atoms with Crippen LogP contribution in [0.25, 0.3) is 10.9 Å². The highest BCUT2D eigenvalue weighted by Gasteiger charge is 2.13. The number of aromatic nitrogens is 2. The van der Waals surface area contributed by atoms with Crippen LogP contribution in [-0.2, 0) is 9.53 Å². The Morgan fingerprint density at radius 1 is 1.04 bits per heavy atom. The summed E-state index contributed by atoms with van der Waals surface area (Å²) in [5.74, 6) is 1.91. The standard InChI is InChI=1S/C20H22N4O4/c1-3-27-18-11-16(28-9-8-26-2)10-17-19(18)20(22-12-21-17)24-15-6-4-14(5-7-15)23-13-25/h4-7,10-13H,3,8-9H2,1-2H3,(H,23,25)(H,21,22,24). The fraction of sp³-hybridized carbons (Fsp3) is 0.250. The molecule has 3 rings (SSSR count). The molecule has 2 N–H and O–H groups in total. The van der Waals surface area contributed by atoms with Gasteiger partial charge in [-0.3, -0.25) is 4.79 Å². The van der Waals surface area contributed by atoms with Crippen LogP contribution in [0.2, 0.25) is 0 Å². The summed E-state index contributed by atoms with van der Waals surface area (Å²) in [6.07, 6.45) is 2.13. The smallest absolute Gasteiger partial charge is 0.211 e. The second kappa shape index (κ2) is 9.52. The fourth-order valence-corrected chi connectivity index (χ4v) is 2.67. The second-order valence-electron chi connectivity index (χ2n) is 5.78. The molecular formula is C20H22N4O4. The largest absolute Gasteiger partial charge is 0.493 e. The Morgan fingerprint density at radius 2 is 1.82 bits per heavy atom. The third kappa shape index (κ3) is 4.66. The molecule has 28 heavy (non-hydrogen) atoms. The first-order valence-electron chi connectivity index (χ1n) is 8.85. The molecule has 146 valence electrons. The summed E-state index contributed by atoms with van der Waals surface area (Å²) >= 11 is 0. The predicted octanol–water partition coefficient (Wildman–Crippen LogP) is 3.37. The van der Waals surface area contributed by atoms with E-state index in [-0.39, 0.29) is 0 Å². The zero-order chi connectivity index (χ0) is 19.8. The van der Waals surface area contributed by atoms with E-state index in [1.54, 1.807) is 19.2 Å². The summed E-state index contributed by atoms with van der Waals surface area (Å²) < 4.78 is 16.6. The number of hydrogen-bond donors (Lipinski definition) is 2. The Bertz CT molecular complexity index is 931. The third-order valence-electron chi connectivity index (χ3n) is 3.90. The highest BCUT2D eigenvalue weighted by molar-refractivity contribution is 5.96. The molecule has 0 aliphatic heterocycles. The van der Waals surface area contributed by atoms with Crippen LogP contribution in [0.5, 0.6) is 11.5 Å². The summed E-state index contributed by atoms with van der Waals surface area (Å²) in [6, 6.07) is 11.0. The van der Waals surface area contributed by atoms with Crippen molar-refractivity contribution in [2.45, 2.75) is 6.92 Å². The van der Waals surface area contributed by atoms with Crippen molar-refractivity contribution in [1.82, 2.24) is 9.97 Å². The molecule has 0 aliphatic rings. The van der Waals surface area contributed by atoms with Gasteiger partial charge in [-0.15, -0.1) is 0 Å². The zero-order valence-electron chi connectivity index (χ0n) is 15.8. The summed E-state index contributed by atoms with van der Waals surface area (Å²) in [5.41, 5.74) is 2.23. The van der Waals surface area contributed by atoms with Crippen molar-refractivity contribution in [3.63, 3.8) is 0 Å². The summed E-state index contributed by atoms with van der Waals surface area (Å²) in [7, 11) is 1.63. The van der Waals surface area contributed by atoms with Crippen molar-refractivity contribution in [2.24, 2.45) is 0 Å². The van der Waals surface area contributed by atoms with Crippen LogP contribution in [0.1, 0.15) is 6.92 Å². The molecule has 8 heteroatoms. The summed E-state index contributed by atoms with van der Waals surface area (Å²) in [5, 5.41) is 6.65. The van der Waals surface area contributed by atoms with Crippen molar-refractivity contribution in [2.75, 3.05) is 37.6 Å². The molecule has 0 aliphatic carbocycles. The minimum atomic E-state index is 0.435. The number of benzene rings is 2. The van der Waals surface area contributed by atoms with Crippen LogP contribution in [0.4, 0.5) is 17.2 Å². The second-order valence-corrected chi connectivity index (χ2v) is 5.78. The Kier molecular flexibility index (Phi) is 6.59. The van der Waals surface area contributed by atoms with E-state index in [1.165, 1.54) is 6.33 Å². The van der Waals surface area contributed by atoms with Crippen molar-refractivity contribution >= 4 is 34.5 Å². The van der Waals surface area contributed by atoms with E-state index in [1.807, 2.05) is 31.2 Å². The Hall–Kier alpha value is -3.39. The van der Waals surface area contributed by atoms with Crippen LogP contribution in [-0.4, -0.2) is 43.3 Å². The molecule has 0 saturated carbocycles. The minimum Gasteiger partial charge on any atom is -0.493 e. The van der Waals surface area contributed by atoms with Gasteiger partial charge in [0.1, 0.15) is 30.3 Å². The van der Waals surface area contributed by atoms with Crippen molar-refractivity contribution in [3.05, 3.63) is 42.7 Å². The van der Waals surface area contributed by atoms with Crippen LogP contribution in [0.3, 0.4) is 0 Å². The van der Waals surface area contributed by atoms with Crippen molar-refractivity contribution in [1.29, 1.82) is 0 Å². The van der Waals surface area contributed by atoms with E-state index in [4.69, 9.17) is 14.2 Å². The van der Waals surface area contributed by atoms with Crippen LogP contribution >= 0.6 is 0 Å². The molecular weight excluding hydrogens is 360 g/mol. The molecule has 1 heterocycles. The molecule has 8 nitrogen and oxygen atoms in total. The van der Waals surface area contributed by atoms with E-state index in [0.29, 0.717) is 54.8 Å². The van der Waals surface area contributed by atoms with Gasteiger partial charge in [-0.1, -0.05) is 0 Å². The van der Waals surface area contributed by atoms with Gasteiger partial charge in [0.15, 0.2) is 0 Å². The van der Waals surface area contributed by atoms with Crippen molar-refractivity contribution in [3.8, 4) is 11.5 Å². The van der Waals surface area contributed by atoms with Crippen LogP contribution < -0.4 is 20.1 Å². The monoisotopic (exact) mass is 382 g/mol. The van der Waals surface area contributed by atoms with Gasteiger partial charge in [-0.25, -0.2) is 9.97 Å². The number of hydrogen-bond acceptors (Lipinski definition) is 7. The number of rotatable bonds is 10. The van der Waals surface area contributed by atoms with Gasteiger partial charge < -0.3 is 24.8 Å². The summed E-state index contributed by atoms with van der Waals surface area (Å²) in [4.78, 5) is 19.3. The SMILES string of the molecule is CCOc1cc(OCCOC)cc2ncnc(Nc3ccc(NC=O)cc3)c12. The Labute approximate surface area is 162 Å². The Morgan fingerprint density at radius 3 is 2.54 bits per heavy atom. The van der Waals surface area contributed by atoms with Gasteiger partial charge >= 0.3 is 0 Å². The molecule has 1 aromatic heterocycles. The maximum atomic E-state index is 10.5. The highest BCUT2D eigenvalue weighted by Crippen LogP contribution is 2.35. The number of nitrogens with one attached hydrogen (secondary N) is 2. The van der Waals surface area contributed by atoms with E-state index in [2.05, 4.69) is 20.6 Å². The first-order chi connectivity index (χ1) is 13.7. The van der Waals surface area contributed by atoms with Gasteiger partial charge in [-0.05, 0) is 31.2 Å². The van der Waals surface area contributed by atoms with E-state index < -0.39 is 0 Å². The average molecular weight is 382 g/mol. The molecule has 0 unspecified atom stereocenters. The van der Waals surface area contributed by atoms with Crippen LogP contribution in [0, 0.1) is 0 Å². The number of fused-ring (bicyclic) bond motifs is 1. The maximum absolute atomic E-state index is 10.5. The summed E-state index contributed by atoms with van der Waals surface area (Å²) in [6.45, 7) is 3.34. The highest BCUT2D eigenvalue weighted by atomic mass is 16.5. The fourth-order valence-electron chi connectivity index (χ4n) is 2.67. The number of carbonyl (C=O) groups is 1.